The van der Waals surface area contributed by atoms with Gasteiger partial charge in [-0.05, 0) is 69.3 Å². The van der Waals surface area contributed by atoms with Crippen molar-refractivity contribution in [2.24, 2.45) is 11.8 Å². The van der Waals surface area contributed by atoms with Crippen molar-refractivity contribution in [1.29, 1.82) is 0 Å². The van der Waals surface area contributed by atoms with E-state index in [1.165, 1.54) is 0 Å². The maximum atomic E-state index is 10.8. The van der Waals surface area contributed by atoms with E-state index in [0.717, 1.165) is 43.5 Å². The van der Waals surface area contributed by atoms with E-state index in [1.807, 2.05) is 12.1 Å². The lowest BCUT2D eigenvalue weighted by atomic mass is 9.57. The lowest BCUT2D eigenvalue weighted by Crippen LogP contribution is -2.46. The molecule has 1 aliphatic heterocycles. The summed E-state index contributed by atoms with van der Waals surface area (Å²) < 4.78 is 0. The van der Waals surface area contributed by atoms with E-state index in [0.29, 0.717) is 24.0 Å². The highest BCUT2D eigenvalue weighted by Crippen LogP contribution is 2.51. The Hall–Kier alpha value is -1.58. The molecule has 0 aromatic heterocycles. The number of allylic oxidation sites excluding steroid dienone is 4. The summed E-state index contributed by atoms with van der Waals surface area (Å²) in [5.74, 6) is 1.30. The number of likely N-dealkylation sites (tertiary alicyclic amines) is 1. The molecule has 1 aliphatic carbocycles. The summed E-state index contributed by atoms with van der Waals surface area (Å²) in [6.07, 6.45) is 12.9. The van der Waals surface area contributed by atoms with Crippen LogP contribution in [0, 0.1) is 11.8 Å². The lowest BCUT2D eigenvalue weighted by molar-refractivity contribution is 0.139. The monoisotopic (exact) mass is 341 g/mol. The number of hydrogen-bond donors (Lipinski definition) is 2. The van der Waals surface area contributed by atoms with Gasteiger partial charge in [-0.15, -0.1) is 0 Å². The van der Waals surface area contributed by atoms with Gasteiger partial charge in [-0.3, -0.25) is 0 Å². The minimum Gasteiger partial charge on any atom is -0.508 e. The molecule has 1 aromatic rings. The van der Waals surface area contributed by atoms with Crippen LogP contribution in [0.5, 0.6) is 5.75 Å². The maximum Gasteiger partial charge on any atom is 0.119 e. The minimum atomic E-state index is -0.152. The van der Waals surface area contributed by atoms with Crippen LogP contribution in [0.2, 0.25) is 0 Å². The van der Waals surface area contributed by atoms with Gasteiger partial charge < -0.3 is 15.1 Å². The number of aliphatic hydroxyl groups is 1. The molecule has 0 radical (unpaired) electrons. The fourth-order valence-electron chi connectivity index (χ4n) is 4.82. The van der Waals surface area contributed by atoms with Crippen molar-refractivity contribution in [2.45, 2.75) is 38.0 Å². The molecule has 0 spiro atoms. The molecule has 3 heteroatoms. The van der Waals surface area contributed by atoms with Gasteiger partial charge in [0.25, 0.3) is 0 Å². The molecule has 1 heterocycles. The fraction of sp³-hybridized carbons (Fsp3) is 0.545. The van der Waals surface area contributed by atoms with Crippen molar-refractivity contribution < 1.29 is 10.2 Å². The topological polar surface area (TPSA) is 43.7 Å². The Balaban J connectivity index is 2.10. The van der Waals surface area contributed by atoms with Gasteiger partial charge in [0.1, 0.15) is 5.75 Å². The normalized spacial score (nSPS) is 27.7. The zero-order valence-electron chi connectivity index (χ0n) is 15.5. The Morgan fingerprint density at radius 1 is 1.20 bits per heavy atom. The molecule has 2 atom stereocenters. The molecule has 3 nitrogen and oxygen atoms in total. The Labute approximate surface area is 151 Å². The standard InChI is InChI=1S/C22H31NO2/c1-3-18-6-4-5-12-22(18,19-9-13-23(2)14-10-19)20-16-17(11-15-24)7-8-21(20)25/h4-8,12,16,18-19,24-25H,3,9-11,13-15H2,1-2H3. The number of phenolic OH excluding ortho intramolecular Hbond substituents is 1. The Morgan fingerprint density at radius 2 is 1.96 bits per heavy atom. The second-order valence-corrected chi connectivity index (χ2v) is 7.59. The Bertz CT molecular complexity index is 643. The number of piperidine rings is 1. The summed E-state index contributed by atoms with van der Waals surface area (Å²) in [4.78, 5) is 2.40. The predicted octanol–water partition coefficient (Wildman–Crippen LogP) is 3.66. The number of benzene rings is 1. The average Bonchev–Trinajstić information content (AvgIpc) is 2.64. The summed E-state index contributed by atoms with van der Waals surface area (Å²) >= 11 is 0. The van der Waals surface area contributed by atoms with Crippen molar-refractivity contribution in [1.82, 2.24) is 4.90 Å². The first kappa shape index (κ1) is 18.2. The molecule has 3 rings (SSSR count). The second-order valence-electron chi connectivity index (χ2n) is 7.59. The molecule has 2 unspecified atom stereocenters. The van der Waals surface area contributed by atoms with Crippen molar-refractivity contribution in [2.75, 3.05) is 26.7 Å². The van der Waals surface area contributed by atoms with Gasteiger partial charge in [0.2, 0.25) is 0 Å². The fourth-order valence-corrected chi connectivity index (χ4v) is 4.82. The third kappa shape index (κ3) is 3.40. The van der Waals surface area contributed by atoms with E-state index in [9.17, 15) is 10.2 Å². The molecule has 0 amide bonds. The number of nitrogens with zero attached hydrogens (tertiary/aromatic N) is 1. The zero-order valence-corrected chi connectivity index (χ0v) is 15.5. The van der Waals surface area contributed by atoms with Gasteiger partial charge in [-0.25, -0.2) is 0 Å². The summed E-state index contributed by atoms with van der Waals surface area (Å²) in [6.45, 7) is 4.60. The molecule has 25 heavy (non-hydrogen) atoms. The van der Waals surface area contributed by atoms with Crippen LogP contribution in [-0.4, -0.2) is 41.9 Å². The first-order valence-electron chi connectivity index (χ1n) is 9.59. The minimum absolute atomic E-state index is 0.137. The van der Waals surface area contributed by atoms with Crippen molar-refractivity contribution >= 4 is 0 Å². The molecular formula is C22H31NO2. The van der Waals surface area contributed by atoms with Gasteiger partial charge in [0.05, 0.1) is 0 Å². The SMILES string of the molecule is CCC1C=CC=CC1(c1cc(CCO)ccc1O)C1CCN(C)CC1. The average molecular weight is 341 g/mol. The Kier molecular flexibility index (Phi) is 5.65. The maximum absolute atomic E-state index is 10.8. The van der Waals surface area contributed by atoms with Crippen LogP contribution in [0.15, 0.2) is 42.5 Å². The highest BCUT2D eigenvalue weighted by molar-refractivity contribution is 5.48. The molecule has 0 saturated carbocycles. The van der Waals surface area contributed by atoms with Crippen molar-refractivity contribution in [3.05, 3.63) is 53.6 Å². The third-order valence-corrected chi connectivity index (χ3v) is 6.20. The van der Waals surface area contributed by atoms with E-state index in [-0.39, 0.29) is 12.0 Å². The molecule has 136 valence electrons. The molecule has 1 fully saturated rings. The van der Waals surface area contributed by atoms with Gasteiger partial charge in [0.15, 0.2) is 0 Å². The molecule has 1 saturated heterocycles. The van der Waals surface area contributed by atoms with Crippen LogP contribution in [0.1, 0.15) is 37.3 Å². The number of aliphatic hydroxyl groups excluding tert-OH is 1. The highest BCUT2D eigenvalue weighted by Gasteiger charge is 2.46. The molecular weight excluding hydrogens is 310 g/mol. The zero-order chi connectivity index (χ0) is 17.9. The molecule has 1 aromatic carbocycles. The van der Waals surface area contributed by atoms with Crippen LogP contribution in [-0.2, 0) is 11.8 Å². The molecule has 2 aliphatic rings. The van der Waals surface area contributed by atoms with Gasteiger partial charge in [-0.1, -0.05) is 43.4 Å². The molecule has 0 bridgehead atoms. The van der Waals surface area contributed by atoms with E-state index in [2.05, 4.69) is 49.2 Å². The van der Waals surface area contributed by atoms with E-state index in [4.69, 9.17) is 0 Å². The van der Waals surface area contributed by atoms with E-state index < -0.39 is 0 Å². The van der Waals surface area contributed by atoms with Crippen molar-refractivity contribution in [3.63, 3.8) is 0 Å². The number of hydrogen-bond acceptors (Lipinski definition) is 3. The summed E-state index contributed by atoms with van der Waals surface area (Å²) in [7, 11) is 2.19. The first-order chi connectivity index (χ1) is 12.1. The predicted molar refractivity (Wildman–Crippen MR) is 103 cm³/mol. The van der Waals surface area contributed by atoms with Gasteiger partial charge >= 0.3 is 0 Å². The summed E-state index contributed by atoms with van der Waals surface area (Å²) in [6, 6.07) is 5.88. The first-order valence-corrected chi connectivity index (χ1v) is 9.59. The quantitative estimate of drug-likeness (QED) is 0.859. The third-order valence-electron chi connectivity index (χ3n) is 6.20. The second kappa shape index (κ2) is 7.76. The largest absolute Gasteiger partial charge is 0.508 e. The van der Waals surface area contributed by atoms with Crippen LogP contribution in [0.3, 0.4) is 0 Å². The van der Waals surface area contributed by atoms with Gasteiger partial charge in [0, 0.05) is 17.6 Å². The van der Waals surface area contributed by atoms with Crippen LogP contribution < -0.4 is 0 Å². The lowest BCUT2D eigenvalue weighted by Gasteiger charge is -2.48. The summed E-state index contributed by atoms with van der Waals surface area (Å²) in [5.41, 5.74) is 1.99. The van der Waals surface area contributed by atoms with Gasteiger partial charge in [-0.2, -0.15) is 0 Å². The van der Waals surface area contributed by atoms with Crippen LogP contribution in [0.25, 0.3) is 0 Å². The number of rotatable bonds is 5. The number of aromatic hydroxyl groups is 1. The van der Waals surface area contributed by atoms with E-state index in [1.54, 1.807) is 0 Å². The van der Waals surface area contributed by atoms with Crippen molar-refractivity contribution in [3.8, 4) is 5.75 Å². The van der Waals surface area contributed by atoms with Crippen LogP contribution in [0.4, 0.5) is 0 Å². The summed E-state index contributed by atoms with van der Waals surface area (Å²) in [5, 5.41) is 20.1. The Morgan fingerprint density at radius 3 is 2.64 bits per heavy atom. The van der Waals surface area contributed by atoms with Crippen LogP contribution >= 0.6 is 0 Å². The smallest absolute Gasteiger partial charge is 0.119 e. The number of phenols is 1. The van der Waals surface area contributed by atoms with E-state index >= 15 is 0 Å². The highest BCUT2D eigenvalue weighted by atomic mass is 16.3. The molecule has 2 N–H and O–H groups in total.